The molecule has 1 N–H and O–H groups in total. The Labute approximate surface area is 188 Å². The summed E-state index contributed by atoms with van der Waals surface area (Å²) in [6.07, 6.45) is 1.70. The minimum absolute atomic E-state index is 0.0263. The molecule has 4 rings (SSSR count). The smallest absolute Gasteiger partial charge is 0.252 e. The van der Waals surface area contributed by atoms with Gasteiger partial charge in [-0.05, 0) is 41.8 Å². The first-order valence-corrected chi connectivity index (χ1v) is 10.7. The molecule has 160 valence electrons. The predicted molar refractivity (Wildman–Crippen MR) is 130 cm³/mol. The number of amides is 1. The van der Waals surface area contributed by atoms with Crippen molar-refractivity contribution in [3.05, 3.63) is 114 Å². The number of hydrogen-bond acceptors (Lipinski definition) is 3. The van der Waals surface area contributed by atoms with E-state index in [4.69, 9.17) is 4.74 Å². The number of nitrogens with zero attached hydrogens (tertiary/aromatic N) is 1. The second-order valence-corrected chi connectivity index (χ2v) is 7.85. The number of carbonyl (C=O) groups excluding carboxylic acids is 1. The first-order valence-electron chi connectivity index (χ1n) is 10.7. The van der Waals surface area contributed by atoms with E-state index in [0.717, 1.165) is 33.2 Å². The third-order valence-electron chi connectivity index (χ3n) is 5.19. The maximum atomic E-state index is 13.2. The lowest BCUT2D eigenvalue weighted by Gasteiger charge is -2.16. The van der Waals surface area contributed by atoms with Gasteiger partial charge in [0.15, 0.2) is 0 Å². The number of benzene rings is 4. The summed E-state index contributed by atoms with van der Waals surface area (Å²) in [6, 6.07) is 31.5. The number of hydrazone groups is 1. The van der Waals surface area contributed by atoms with Gasteiger partial charge < -0.3 is 4.74 Å². The lowest BCUT2D eigenvalue weighted by molar-refractivity contribution is -0.121. The van der Waals surface area contributed by atoms with Gasteiger partial charge in [-0.15, -0.1) is 0 Å². The van der Waals surface area contributed by atoms with E-state index in [9.17, 15) is 4.79 Å². The van der Waals surface area contributed by atoms with E-state index in [0.29, 0.717) is 0 Å². The minimum atomic E-state index is -0.451. The van der Waals surface area contributed by atoms with Crippen LogP contribution in [0.1, 0.15) is 36.5 Å². The lowest BCUT2D eigenvalue weighted by atomic mass is 9.91. The zero-order chi connectivity index (χ0) is 22.3. The molecule has 4 heteroatoms. The van der Waals surface area contributed by atoms with Crippen molar-refractivity contribution in [1.29, 1.82) is 0 Å². The molecule has 1 amide bonds. The fraction of sp³-hybridized carbons (Fsp3) is 0.143. The lowest BCUT2D eigenvalue weighted by Crippen LogP contribution is -2.26. The molecule has 0 fully saturated rings. The quantitative estimate of drug-likeness (QED) is 0.297. The molecule has 0 atom stereocenters. The molecule has 0 aliphatic rings. The maximum Gasteiger partial charge on any atom is 0.252 e. The second-order valence-electron chi connectivity index (χ2n) is 7.85. The van der Waals surface area contributed by atoms with Crippen molar-refractivity contribution in [3.63, 3.8) is 0 Å². The number of fused-ring (bicyclic) bond motifs is 1. The third kappa shape index (κ3) is 4.86. The molecule has 0 aliphatic heterocycles. The molecule has 0 spiro atoms. The number of ether oxygens (including phenoxy) is 1. The highest BCUT2D eigenvalue weighted by Crippen LogP contribution is 2.28. The van der Waals surface area contributed by atoms with Gasteiger partial charge in [0, 0.05) is 5.56 Å². The van der Waals surface area contributed by atoms with Crippen LogP contribution in [-0.2, 0) is 4.79 Å². The van der Waals surface area contributed by atoms with Crippen LogP contribution in [0.15, 0.2) is 102 Å². The summed E-state index contributed by atoms with van der Waals surface area (Å²) in [5.41, 5.74) is 5.42. The molecule has 0 aliphatic carbocycles. The zero-order valence-corrected chi connectivity index (χ0v) is 18.2. The first kappa shape index (κ1) is 21.3. The van der Waals surface area contributed by atoms with Crippen LogP contribution in [0.2, 0.25) is 0 Å². The van der Waals surface area contributed by atoms with Crippen LogP contribution in [0.3, 0.4) is 0 Å². The normalized spacial score (nSPS) is 11.4. The van der Waals surface area contributed by atoms with Gasteiger partial charge in [0.2, 0.25) is 0 Å². The Bertz CT molecular complexity index is 1180. The number of nitrogens with one attached hydrogen (secondary N) is 1. The van der Waals surface area contributed by atoms with Crippen molar-refractivity contribution in [1.82, 2.24) is 5.43 Å². The Morgan fingerprint density at radius 2 is 1.41 bits per heavy atom. The molecule has 0 aromatic heterocycles. The van der Waals surface area contributed by atoms with Gasteiger partial charge >= 0.3 is 0 Å². The van der Waals surface area contributed by atoms with Gasteiger partial charge in [-0.1, -0.05) is 91.0 Å². The molecular weight excluding hydrogens is 396 g/mol. The number of carbonyl (C=O) groups is 1. The van der Waals surface area contributed by atoms with Crippen LogP contribution in [0.5, 0.6) is 5.75 Å². The number of hydrogen-bond donors (Lipinski definition) is 1. The Morgan fingerprint density at radius 3 is 2.03 bits per heavy atom. The van der Waals surface area contributed by atoms with Gasteiger partial charge in [0.05, 0.1) is 18.2 Å². The van der Waals surface area contributed by atoms with Crippen LogP contribution in [0.4, 0.5) is 0 Å². The SMILES string of the molecule is CC(C)Oc1ccc2ccccc2c1/C=N\NC(=O)C(c1ccccc1)c1ccccc1. The van der Waals surface area contributed by atoms with Crippen molar-refractivity contribution >= 4 is 22.9 Å². The fourth-order valence-corrected chi connectivity index (χ4v) is 3.78. The predicted octanol–water partition coefficient (Wildman–Crippen LogP) is 5.91. The molecule has 4 aromatic carbocycles. The molecule has 0 bridgehead atoms. The summed E-state index contributed by atoms with van der Waals surface area (Å²) in [7, 11) is 0. The highest BCUT2D eigenvalue weighted by molar-refractivity contribution is 6.02. The minimum Gasteiger partial charge on any atom is -0.490 e. The summed E-state index contributed by atoms with van der Waals surface area (Å²) in [6.45, 7) is 3.98. The van der Waals surface area contributed by atoms with E-state index in [1.54, 1.807) is 6.21 Å². The summed E-state index contributed by atoms with van der Waals surface area (Å²) >= 11 is 0. The molecule has 0 unspecified atom stereocenters. The van der Waals surface area contributed by atoms with Crippen LogP contribution in [0, 0.1) is 0 Å². The van der Waals surface area contributed by atoms with Gasteiger partial charge in [-0.25, -0.2) is 5.43 Å². The third-order valence-corrected chi connectivity index (χ3v) is 5.19. The summed E-state index contributed by atoms with van der Waals surface area (Å²) in [4.78, 5) is 13.2. The van der Waals surface area contributed by atoms with Crippen LogP contribution >= 0.6 is 0 Å². The van der Waals surface area contributed by atoms with Crippen LogP contribution < -0.4 is 10.2 Å². The van der Waals surface area contributed by atoms with Gasteiger partial charge in [0.1, 0.15) is 5.75 Å². The first-order chi connectivity index (χ1) is 15.6. The highest BCUT2D eigenvalue weighted by atomic mass is 16.5. The van der Waals surface area contributed by atoms with Crippen molar-refractivity contribution in [3.8, 4) is 5.75 Å². The molecular formula is C28H26N2O2. The van der Waals surface area contributed by atoms with Crippen molar-refractivity contribution in [2.45, 2.75) is 25.9 Å². The molecule has 4 aromatic rings. The summed E-state index contributed by atoms with van der Waals surface area (Å²) in [5, 5.41) is 6.43. The van der Waals surface area contributed by atoms with Crippen molar-refractivity contribution in [2.75, 3.05) is 0 Å². The number of rotatable bonds is 7. The summed E-state index contributed by atoms with van der Waals surface area (Å²) in [5.74, 6) is 0.0954. The standard InChI is InChI=1S/C28H26N2O2/c1-20(2)32-26-18-17-21-11-9-10-16-24(21)25(26)19-29-30-28(31)27(22-12-5-3-6-13-22)23-14-7-4-8-15-23/h3-20,27H,1-2H3,(H,30,31)/b29-19-. The van der Waals surface area contributed by atoms with Crippen LogP contribution in [-0.4, -0.2) is 18.2 Å². The second kappa shape index (κ2) is 9.92. The Hall–Kier alpha value is -3.92. The van der Waals surface area contributed by atoms with Gasteiger partial charge in [-0.3, -0.25) is 4.79 Å². The van der Waals surface area contributed by atoms with E-state index in [2.05, 4.69) is 10.5 Å². The molecule has 0 saturated carbocycles. The largest absolute Gasteiger partial charge is 0.490 e. The Morgan fingerprint density at radius 1 is 0.812 bits per heavy atom. The summed E-state index contributed by atoms with van der Waals surface area (Å²) < 4.78 is 5.99. The monoisotopic (exact) mass is 422 g/mol. The average Bonchev–Trinajstić information content (AvgIpc) is 2.81. The zero-order valence-electron chi connectivity index (χ0n) is 18.2. The Balaban J connectivity index is 1.64. The van der Waals surface area contributed by atoms with Gasteiger partial charge in [0.25, 0.3) is 5.91 Å². The van der Waals surface area contributed by atoms with Crippen molar-refractivity contribution in [2.24, 2.45) is 5.10 Å². The highest BCUT2D eigenvalue weighted by Gasteiger charge is 2.22. The molecule has 32 heavy (non-hydrogen) atoms. The van der Waals surface area contributed by atoms with Crippen LogP contribution in [0.25, 0.3) is 10.8 Å². The van der Waals surface area contributed by atoms with E-state index in [1.165, 1.54) is 0 Å². The van der Waals surface area contributed by atoms with Gasteiger partial charge in [-0.2, -0.15) is 5.10 Å². The topological polar surface area (TPSA) is 50.7 Å². The van der Waals surface area contributed by atoms with E-state index in [-0.39, 0.29) is 12.0 Å². The Kier molecular flexibility index (Phi) is 6.61. The molecule has 0 saturated heterocycles. The average molecular weight is 423 g/mol. The molecule has 0 heterocycles. The molecule has 4 nitrogen and oxygen atoms in total. The molecule has 0 radical (unpaired) electrons. The van der Waals surface area contributed by atoms with E-state index in [1.807, 2.05) is 111 Å². The van der Waals surface area contributed by atoms with Crippen molar-refractivity contribution < 1.29 is 9.53 Å². The maximum absolute atomic E-state index is 13.2. The fourth-order valence-electron chi connectivity index (χ4n) is 3.78. The van der Waals surface area contributed by atoms with E-state index < -0.39 is 5.92 Å². The van der Waals surface area contributed by atoms with E-state index >= 15 is 0 Å².